The van der Waals surface area contributed by atoms with E-state index in [4.69, 9.17) is 4.74 Å². The van der Waals surface area contributed by atoms with Crippen molar-refractivity contribution >= 4 is 5.65 Å². The molecule has 1 saturated carbocycles. The van der Waals surface area contributed by atoms with Crippen LogP contribution in [0.15, 0.2) is 18.6 Å². The molecule has 0 spiro atoms. The predicted molar refractivity (Wildman–Crippen MR) is 91.7 cm³/mol. The van der Waals surface area contributed by atoms with Gasteiger partial charge in [0.2, 0.25) is 0 Å². The number of hydrogen-bond donors (Lipinski definition) is 0. The van der Waals surface area contributed by atoms with Gasteiger partial charge in [0.25, 0.3) is 0 Å². The van der Waals surface area contributed by atoms with Crippen LogP contribution in [0.5, 0.6) is 0 Å². The average molecular weight is 329 g/mol. The lowest BCUT2D eigenvalue weighted by Crippen LogP contribution is -2.31. The van der Waals surface area contributed by atoms with E-state index >= 15 is 0 Å². The van der Waals surface area contributed by atoms with E-state index in [1.165, 1.54) is 38.5 Å². The highest BCUT2D eigenvalue weighted by Gasteiger charge is 2.37. The first-order valence-corrected chi connectivity index (χ1v) is 9.26. The third-order valence-corrected chi connectivity index (χ3v) is 5.70. The molecule has 2 fully saturated rings. The summed E-state index contributed by atoms with van der Waals surface area (Å²) >= 11 is 0. The Morgan fingerprint density at radius 3 is 2.79 bits per heavy atom. The van der Waals surface area contributed by atoms with E-state index in [1.54, 1.807) is 12.4 Å². The first-order chi connectivity index (χ1) is 11.8. The fraction of sp³-hybridized carbons (Fsp3) is 0.722. The molecule has 0 bridgehead atoms. The molecule has 6 nitrogen and oxygen atoms in total. The summed E-state index contributed by atoms with van der Waals surface area (Å²) in [5.74, 6) is 1.84. The van der Waals surface area contributed by atoms with Gasteiger partial charge in [0.05, 0.1) is 18.3 Å². The average Bonchev–Trinajstić information content (AvgIpc) is 3.11. The third kappa shape index (κ3) is 3.17. The van der Waals surface area contributed by atoms with E-state index in [1.807, 2.05) is 13.3 Å². The van der Waals surface area contributed by atoms with Gasteiger partial charge in [-0.3, -0.25) is 14.3 Å². The number of aromatic nitrogens is 4. The topological polar surface area (TPSA) is 55.6 Å². The molecule has 2 aromatic heterocycles. The van der Waals surface area contributed by atoms with E-state index in [2.05, 4.69) is 24.5 Å². The van der Waals surface area contributed by atoms with Crippen molar-refractivity contribution in [3.8, 4) is 0 Å². The van der Waals surface area contributed by atoms with Gasteiger partial charge < -0.3 is 4.74 Å². The summed E-state index contributed by atoms with van der Waals surface area (Å²) < 4.78 is 7.76. The molecule has 0 N–H and O–H groups in total. The maximum atomic E-state index is 5.68. The molecule has 0 amide bonds. The van der Waals surface area contributed by atoms with Crippen LogP contribution in [0, 0.1) is 5.92 Å². The van der Waals surface area contributed by atoms with Gasteiger partial charge in [0, 0.05) is 32.6 Å². The van der Waals surface area contributed by atoms with E-state index in [0.717, 1.165) is 36.9 Å². The fourth-order valence-electron chi connectivity index (χ4n) is 4.38. The van der Waals surface area contributed by atoms with Crippen molar-refractivity contribution in [1.82, 2.24) is 24.5 Å². The Morgan fingerprint density at radius 2 is 2.00 bits per heavy atom. The maximum absolute atomic E-state index is 5.68. The Morgan fingerprint density at radius 1 is 1.17 bits per heavy atom. The van der Waals surface area contributed by atoms with Gasteiger partial charge in [-0.15, -0.1) is 10.2 Å². The molecule has 2 aromatic rings. The highest BCUT2D eigenvalue weighted by Crippen LogP contribution is 2.35. The zero-order valence-electron chi connectivity index (χ0n) is 14.5. The minimum Gasteiger partial charge on any atom is -0.380 e. The van der Waals surface area contributed by atoms with Gasteiger partial charge in [-0.2, -0.15) is 0 Å². The normalized spacial score (nSPS) is 26.9. The number of likely N-dealkylation sites (tertiary alicyclic amines) is 1. The first kappa shape index (κ1) is 16.0. The van der Waals surface area contributed by atoms with Crippen molar-refractivity contribution in [3.63, 3.8) is 0 Å². The number of ether oxygens (including phenoxy) is 1. The Bertz CT molecular complexity index is 664. The summed E-state index contributed by atoms with van der Waals surface area (Å²) in [7, 11) is 1.82. The zero-order chi connectivity index (χ0) is 16.4. The SMILES string of the molecule is CO[C@@H]1C[C@@H](c2nnc3cnccn23)N(CC2CCCCCC2)C1. The summed E-state index contributed by atoms with van der Waals surface area (Å²) in [5.41, 5.74) is 0.822. The Labute approximate surface area is 143 Å². The molecule has 0 unspecified atom stereocenters. The Balaban J connectivity index is 1.57. The van der Waals surface area contributed by atoms with Crippen LogP contribution in [-0.2, 0) is 4.74 Å². The molecule has 2 atom stereocenters. The lowest BCUT2D eigenvalue weighted by atomic mass is 9.99. The second-order valence-electron chi connectivity index (χ2n) is 7.28. The monoisotopic (exact) mass is 329 g/mol. The van der Waals surface area contributed by atoms with E-state index in [9.17, 15) is 0 Å². The summed E-state index contributed by atoms with van der Waals surface area (Å²) in [6.45, 7) is 2.15. The lowest BCUT2D eigenvalue weighted by Gasteiger charge is -2.27. The summed E-state index contributed by atoms with van der Waals surface area (Å²) in [5, 5.41) is 8.78. The molecule has 2 aliphatic rings. The Hall–Kier alpha value is -1.53. The second-order valence-corrected chi connectivity index (χ2v) is 7.28. The third-order valence-electron chi connectivity index (χ3n) is 5.70. The van der Waals surface area contributed by atoms with Crippen molar-refractivity contribution in [3.05, 3.63) is 24.4 Å². The standard InChI is InChI=1S/C18H27N5O/c1-24-15-10-16(18-21-20-17-11-19-8-9-23(17)18)22(13-15)12-14-6-4-2-3-5-7-14/h8-9,11,14-16H,2-7,10,12-13H2,1H3/t15-,16+/m1/s1. The first-order valence-electron chi connectivity index (χ1n) is 9.26. The molecule has 1 aliphatic heterocycles. The minimum absolute atomic E-state index is 0.287. The van der Waals surface area contributed by atoms with Crippen molar-refractivity contribution in [2.45, 2.75) is 57.1 Å². The number of methoxy groups -OCH3 is 1. The molecular formula is C18H27N5O. The van der Waals surface area contributed by atoms with E-state index in [0.29, 0.717) is 0 Å². The van der Waals surface area contributed by atoms with Crippen molar-refractivity contribution in [1.29, 1.82) is 0 Å². The molecule has 6 heteroatoms. The maximum Gasteiger partial charge on any atom is 0.179 e. The van der Waals surface area contributed by atoms with E-state index < -0.39 is 0 Å². The molecular weight excluding hydrogens is 302 g/mol. The largest absolute Gasteiger partial charge is 0.380 e. The molecule has 0 radical (unpaired) electrons. The van der Waals surface area contributed by atoms with Gasteiger partial charge in [-0.25, -0.2) is 0 Å². The molecule has 1 aliphatic carbocycles. The van der Waals surface area contributed by atoms with Crippen LogP contribution in [0.3, 0.4) is 0 Å². The summed E-state index contributed by atoms with van der Waals surface area (Å²) in [6, 6.07) is 0.288. The van der Waals surface area contributed by atoms with Crippen molar-refractivity contribution < 1.29 is 4.74 Å². The number of rotatable bonds is 4. The lowest BCUT2D eigenvalue weighted by molar-refractivity contribution is 0.105. The summed E-state index contributed by atoms with van der Waals surface area (Å²) in [6.07, 6.45) is 15.1. The highest BCUT2D eigenvalue weighted by molar-refractivity contribution is 5.34. The second kappa shape index (κ2) is 7.15. The van der Waals surface area contributed by atoms with Gasteiger partial charge in [0.1, 0.15) is 0 Å². The number of hydrogen-bond acceptors (Lipinski definition) is 5. The van der Waals surface area contributed by atoms with Gasteiger partial charge in [0.15, 0.2) is 11.5 Å². The summed E-state index contributed by atoms with van der Waals surface area (Å²) in [4.78, 5) is 6.73. The zero-order valence-corrected chi connectivity index (χ0v) is 14.5. The molecule has 130 valence electrons. The van der Waals surface area contributed by atoms with Crippen molar-refractivity contribution in [2.75, 3.05) is 20.2 Å². The predicted octanol–water partition coefficient (Wildman–Crippen LogP) is 2.86. The van der Waals surface area contributed by atoms with Crippen LogP contribution in [0.4, 0.5) is 0 Å². The molecule has 0 aromatic carbocycles. The number of fused-ring (bicyclic) bond motifs is 1. The van der Waals surface area contributed by atoms with Crippen molar-refractivity contribution in [2.24, 2.45) is 5.92 Å². The Kier molecular flexibility index (Phi) is 4.76. The van der Waals surface area contributed by atoms with Gasteiger partial charge >= 0.3 is 0 Å². The fourth-order valence-corrected chi connectivity index (χ4v) is 4.38. The van der Waals surface area contributed by atoms with Crippen LogP contribution in [0.1, 0.15) is 56.8 Å². The van der Waals surface area contributed by atoms with Gasteiger partial charge in [-0.05, 0) is 25.2 Å². The van der Waals surface area contributed by atoms with Crippen LogP contribution in [0.25, 0.3) is 5.65 Å². The van der Waals surface area contributed by atoms with Crippen LogP contribution >= 0.6 is 0 Å². The molecule has 1 saturated heterocycles. The highest BCUT2D eigenvalue weighted by atomic mass is 16.5. The van der Waals surface area contributed by atoms with Gasteiger partial charge in [-0.1, -0.05) is 25.7 Å². The van der Waals surface area contributed by atoms with Crippen LogP contribution in [-0.4, -0.2) is 50.8 Å². The quantitative estimate of drug-likeness (QED) is 0.807. The van der Waals surface area contributed by atoms with Crippen LogP contribution in [0.2, 0.25) is 0 Å². The number of nitrogens with zero attached hydrogens (tertiary/aromatic N) is 5. The molecule has 3 heterocycles. The van der Waals surface area contributed by atoms with E-state index in [-0.39, 0.29) is 12.1 Å². The minimum atomic E-state index is 0.287. The van der Waals surface area contributed by atoms with Crippen LogP contribution < -0.4 is 0 Å². The smallest absolute Gasteiger partial charge is 0.179 e. The molecule has 24 heavy (non-hydrogen) atoms. The molecule has 4 rings (SSSR count).